The van der Waals surface area contributed by atoms with Gasteiger partial charge in [0.15, 0.2) is 0 Å². The third-order valence-corrected chi connectivity index (χ3v) is 3.08. The monoisotopic (exact) mass is 219 g/mol. The summed E-state index contributed by atoms with van der Waals surface area (Å²) in [6, 6.07) is 7.34. The Balaban J connectivity index is 0.000000606. The van der Waals surface area contributed by atoms with E-state index in [9.17, 15) is 0 Å². The van der Waals surface area contributed by atoms with E-state index in [-0.39, 0.29) is 0 Å². The molecule has 1 aliphatic heterocycles. The van der Waals surface area contributed by atoms with Gasteiger partial charge in [-0.3, -0.25) is 0 Å². The Bertz CT molecular complexity index is 328. The second-order valence-corrected chi connectivity index (χ2v) is 4.63. The van der Waals surface area contributed by atoms with Gasteiger partial charge in [-0.25, -0.2) is 0 Å². The maximum atomic E-state index is 3.50. The first-order chi connectivity index (χ1) is 7.68. The summed E-state index contributed by atoms with van der Waals surface area (Å²) < 4.78 is 0. The van der Waals surface area contributed by atoms with Gasteiger partial charge in [-0.1, -0.05) is 45.9 Å². The Labute approximate surface area is 100 Å². The molecular formula is C15H25N. The zero-order chi connectivity index (χ0) is 12.1. The van der Waals surface area contributed by atoms with Crippen molar-refractivity contribution in [3.63, 3.8) is 0 Å². The van der Waals surface area contributed by atoms with Gasteiger partial charge in [-0.05, 0) is 36.0 Å². The Hall–Kier alpha value is -0.820. The fourth-order valence-corrected chi connectivity index (χ4v) is 2.27. The molecule has 0 spiro atoms. The molecule has 1 aromatic rings. The standard InChI is InChI=1S/C13H19N.C2H6/c1-9(2)12-6-4-5-11-8-14-10(3)7-13(11)12;1-2/h4-6,9-10,14H,7-8H2,1-3H3;1-2H3. The molecule has 16 heavy (non-hydrogen) atoms. The molecule has 1 unspecified atom stereocenters. The molecule has 0 aliphatic carbocycles. The second kappa shape index (κ2) is 6.05. The van der Waals surface area contributed by atoms with Crippen LogP contribution in [0.1, 0.15) is 57.2 Å². The van der Waals surface area contributed by atoms with Crippen LogP contribution in [0.2, 0.25) is 0 Å². The number of hydrogen-bond acceptors (Lipinski definition) is 1. The maximum absolute atomic E-state index is 3.50. The molecule has 0 radical (unpaired) electrons. The van der Waals surface area contributed by atoms with Crippen molar-refractivity contribution >= 4 is 0 Å². The highest BCUT2D eigenvalue weighted by Crippen LogP contribution is 2.26. The van der Waals surface area contributed by atoms with E-state index in [1.807, 2.05) is 13.8 Å². The van der Waals surface area contributed by atoms with E-state index >= 15 is 0 Å². The molecule has 1 aliphatic rings. The molecule has 0 fully saturated rings. The summed E-state index contributed by atoms with van der Waals surface area (Å²) in [5.41, 5.74) is 4.62. The van der Waals surface area contributed by atoms with Crippen molar-refractivity contribution in [1.29, 1.82) is 0 Å². The molecule has 0 saturated heterocycles. The van der Waals surface area contributed by atoms with Gasteiger partial charge in [0.25, 0.3) is 0 Å². The van der Waals surface area contributed by atoms with Gasteiger partial charge in [0, 0.05) is 12.6 Å². The molecule has 1 N–H and O–H groups in total. The van der Waals surface area contributed by atoms with Crippen LogP contribution in [-0.4, -0.2) is 6.04 Å². The van der Waals surface area contributed by atoms with Crippen LogP contribution >= 0.6 is 0 Å². The number of benzene rings is 1. The average molecular weight is 219 g/mol. The van der Waals surface area contributed by atoms with Crippen molar-refractivity contribution in [3.05, 3.63) is 34.9 Å². The Morgan fingerprint density at radius 3 is 2.56 bits per heavy atom. The van der Waals surface area contributed by atoms with Gasteiger partial charge in [0.2, 0.25) is 0 Å². The van der Waals surface area contributed by atoms with Crippen LogP contribution in [0, 0.1) is 0 Å². The zero-order valence-corrected chi connectivity index (χ0v) is 11.3. The smallest absolute Gasteiger partial charge is 0.0210 e. The molecular weight excluding hydrogens is 194 g/mol. The molecule has 0 amide bonds. The molecule has 1 atom stereocenters. The van der Waals surface area contributed by atoms with Crippen molar-refractivity contribution in [3.8, 4) is 0 Å². The summed E-state index contributed by atoms with van der Waals surface area (Å²) in [6.45, 7) is 11.9. The average Bonchev–Trinajstić information content (AvgIpc) is 2.30. The number of nitrogens with one attached hydrogen (secondary N) is 1. The summed E-state index contributed by atoms with van der Waals surface area (Å²) in [7, 11) is 0. The quantitative estimate of drug-likeness (QED) is 0.756. The molecule has 0 bridgehead atoms. The molecule has 90 valence electrons. The highest BCUT2D eigenvalue weighted by atomic mass is 14.9. The van der Waals surface area contributed by atoms with E-state index in [1.165, 1.54) is 17.5 Å². The predicted molar refractivity (Wildman–Crippen MR) is 71.9 cm³/mol. The van der Waals surface area contributed by atoms with E-state index in [4.69, 9.17) is 0 Å². The van der Waals surface area contributed by atoms with Gasteiger partial charge in [0.05, 0.1) is 0 Å². The Kier molecular flexibility index (Phi) is 5.01. The van der Waals surface area contributed by atoms with Crippen LogP contribution in [0.3, 0.4) is 0 Å². The largest absolute Gasteiger partial charge is 0.310 e. The first kappa shape index (κ1) is 13.2. The minimum atomic E-state index is 0.627. The summed E-state index contributed by atoms with van der Waals surface area (Å²) in [6.07, 6.45) is 1.18. The summed E-state index contributed by atoms with van der Waals surface area (Å²) >= 11 is 0. The summed E-state index contributed by atoms with van der Waals surface area (Å²) in [5.74, 6) is 0.648. The minimum Gasteiger partial charge on any atom is -0.310 e. The van der Waals surface area contributed by atoms with Gasteiger partial charge < -0.3 is 5.32 Å². The van der Waals surface area contributed by atoms with E-state index in [2.05, 4.69) is 44.3 Å². The molecule has 1 aromatic carbocycles. The third-order valence-electron chi connectivity index (χ3n) is 3.08. The van der Waals surface area contributed by atoms with Crippen molar-refractivity contribution in [1.82, 2.24) is 5.32 Å². The number of hydrogen-bond donors (Lipinski definition) is 1. The van der Waals surface area contributed by atoms with Crippen LogP contribution in [-0.2, 0) is 13.0 Å². The SMILES string of the molecule is CC.CC1Cc2c(cccc2C(C)C)CN1. The summed E-state index contributed by atoms with van der Waals surface area (Å²) in [5, 5.41) is 3.50. The minimum absolute atomic E-state index is 0.627. The maximum Gasteiger partial charge on any atom is 0.0210 e. The van der Waals surface area contributed by atoms with E-state index in [1.54, 1.807) is 5.56 Å². The van der Waals surface area contributed by atoms with Gasteiger partial charge >= 0.3 is 0 Å². The Morgan fingerprint density at radius 1 is 1.25 bits per heavy atom. The van der Waals surface area contributed by atoms with Crippen molar-refractivity contribution in [2.75, 3.05) is 0 Å². The number of fused-ring (bicyclic) bond motifs is 1. The lowest BCUT2D eigenvalue weighted by Gasteiger charge is -2.26. The molecule has 1 nitrogen and oxygen atoms in total. The summed E-state index contributed by atoms with van der Waals surface area (Å²) in [4.78, 5) is 0. The zero-order valence-electron chi connectivity index (χ0n) is 11.3. The number of rotatable bonds is 1. The first-order valence-corrected chi connectivity index (χ1v) is 6.52. The predicted octanol–water partition coefficient (Wildman–Crippen LogP) is 3.87. The van der Waals surface area contributed by atoms with Crippen LogP contribution < -0.4 is 5.32 Å². The Morgan fingerprint density at radius 2 is 1.94 bits per heavy atom. The van der Waals surface area contributed by atoms with Crippen LogP contribution in [0.25, 0.3) is 0 Å². The topological polar surface area (TPSA) is 12.0 Å². The van der Waals surface area contributed by atoms with E-state index < -0.39 is 0 Å². The van der Waals surface area contributed by atoms with Crippen molar-refractivity contribution in [2.45, 2.75) is 59.5 Å². The first-order valence-electron chi connectivity index (χ1n) is 6.52. The third kappa shape index (κ3) is 2.85. The van der Waals surface area contributed by atoms with Crippen LogP contribution in [0.15, 0.2) is 18.2 Å². The fraction of sp³-hybridized carbons (Fsp3) is 0.600. The molecule has 1 heterocycles. The molecule has 1 heteroatoms. The normalized spacial score (nSPS) is 18.8. The van der Waals surface area contributed by atoms with E-state index in [0.717, 1.165) is 6.54 Å². The highest BCUT2D eigenvalue weighted by Gasteiger charge is 2.17. The van der Waals surface area contributed by atoms with Crippen molar-refractivity contribution < 1.29 is 0 Å². The van der Waals surface area contributed by atoms with Crippen LogP contribution in [0.5, 0.6) is 0 Å². The van der Waals surface area contributed by atoms with Gasteiger partial charge in [0.1, 0.15) is 0 Å². The lowest BCUT2D eigenvalue weighted by Crippen LogP contribution is -2.33. The fourth-order valence-electron chi connectivity index (χ4n) is 2.27. The van der Waals surface area contributed by atoms with Crippen LogP contribution in [0.4, 0.5) is 0 Å². The lowest BCUT2D eigenvalue weighted by molar-refractivity contribution is 0.509. The van der Waals surface area contributed by atoms with Gasteiger partial charge in [-0.2, -0.15) is 0 Å². The molecule has 0 aromatic heterocycles. The lowest BCUT2D eigenvalue weighted by atomic mass is 9.87. The van der Waals surface area contributed by atoms with Gasteiger partial charge in [-0.15, -0.1) is 0 Å². The second-order valence-electron chi connectivity index (χ2n) is 4.63. The van der Waals surface area contributed by atoms with Crippen molar-refractivity contribution in [2.24, 2.45) is 0 Å². The molecule has 0 saturated carbocycles. The highest BCUT2D eigenvalue weighted by molar-refractivity contribution is 5.39. The van der Waals surface area contributed by atoms with E-state index in [0.29, 0.717) is 12.0 Å². The molecule has 2 rings (SSSR count).